The fourth-order valence-electron chi connectivity index (χ4n) is 2.98. The Labute approximate surface area is 207 Å². The highest BCUT2D eigenvalue weighted by molar-refractivity contribution is 7.98. The molecule has 13 heteroatoms. The number of aliphatic hydroxyl groups excluding tert-OH is 1. The van der Waals surface area contributed by atoms with Crippen molar-refractivity contribution in [2.45, 2.75) is 49.9 Å². The van der Waals surface area contributed by atoms with E-state index in [1.165, 1.54) is 11.8 Å². The fourth-order valence-corrected chi connectivity index (χ4v) is 3.45. The molecule has 1 aromatic carbocycles. The Bertz CT molecular complexity index is 870. The number of aliphatic carboxylic acids is 2. The van der Waals surface area contributed by atoms with E-state index in [0.29, 0.717) is 11.3 Å². The zero-order valence-electron chi connectivity index (χ0n) is 19.3. The van der Waals surface area contributed by atoms with Crippen LogP contribution in [0.4, 0.5) is 0 Å². The first-order valence-electron chi connectivity index (χ1n) is 10.8. The van der Waals surface area contributed by atoms with Crippen LogP contribution in [0.25, 0.3) is 0 Å². The van der Waals surface area contributed by atoms with Gasteiger partial charge in [-0.05, 0) is 30.4 Å². The first-order valence-corrected chi connectivity index (χ1v) is 12.2. The van der Waals surface area contributed by atoms with Crippen LogP contribution < -0.4 is 21.7 Å². The van der Waals surface area contributed by atoms with Crippen molar-refractivity contribution in [1.82, 2.24) is 16.0 Å². The minimum atomic E-state index is -1.46. The first-order chi connectivity index (χ1) is 16.6. The number of carboxylic acids is 2. The lowest BCUT2D eigenvalue weighted by Crippen LogP contribution is -2.58. The molecule has 0 aliphatic carbocycles. The molecule has 0 bridgehead atoms. The number of aliphatic hydroxyl groups is 1. The molecule has 0 saturated heterocycles. The summed E-state index contributed by atoms with van der Waals surface area (Å²) in [7, 11) is 0. The molecule has 0 saturated carbocycles. The predicted molar refractivity (Wildman–Crippen MR) is 129 cm³/mol. The zero-order chi connectivity index (χ0) is 26.4. The van der Waals surface area contributed by atoms with Crippen molar-refractivity contribution in [1.29, 1.82) is 0 Å². The Morgan fingerprint density at radius 3 is 2.00 bits per heavy atom. The van der Waals surface area contributed by atoms with E-state index in [4.69, 9.17) is 10.8 Å². The van der Waals surface area contributed by atoms with E-state index < -0.39 is 60.4 Å². The molecule has 4 unspecified atom stereocenters. The highest BCUT2D eigenvalue weighted by atomic mass is 32.2. The summed E-state index contributed by atoms with van der Waals surface area (Å²) in [6.07, 6.45) is 1.51. The molecule has 1 rings (SSSR count). The van der Waals surface area contributed by atoms with Gasteiger partial charge in [0.2, 0.25) is 17.7 Å². The van der Waals surface area contributed by atoms with Gasteiger partial charge in [0.05, 0.1) is 12.6 Å². The van der Waals surface area contributed by atoms with Gasteiger partial charge < -0.3 is 37.0 Å². The summed E-state index contributed by atoms with van der Waals surface area (Å²) in [4.78, 5) is 60.0. The molecule has 1 aromatic rings. The van der Waals surface area contributed by atoms with Crippen molar-refractivity contribution in [3.63, 3.8) is 0 Å². The van der Waals surface area contributed by atoms with Gasteiger partial charge >= 0.3 is 11.9 Å². The van der Waals surface area contributed by atoms with Crippen molar-refractivity contribution in [2.75, 3.05) is 18.6 Å². The van der Waals surface area contributed by atoms with Gasteiger partial charge in [-0.1, -0.05) is 30.3 Å². The molecule has 0 aromatic heterocycles. The van der Waals surface area contributed by atoms with Crippen LogP contribution in [-0.4, -0.2) is 87.8 Å². The summed E-state index contributed by atoms with van der Waals surface area (Å²) in [5, 5.41) is 34.9. The minimum absolute atomic E-state index is 0.00531. The molecule has 35 heavy (non-hydrogen) atoms. The van der Waals surface area contributed by atoms with Crippen molar-refractivity contribution in [3.05, 3.63) is 35.9 Å². The molecule has 4 atom stereocenters. The number of hydrogen-bond acceptors (Lipinski definition) is 8. The number of rotatable bonds is 16. The Balaban J connectivity index is 2.82. The molecule has 12 nitrogen and oxygen atoms in total. The normalized spacial score (nSPS) is 14.1. The molecule has 0 fully saturated rings. The van der Waals surface area contributed by atoms with Gasteiger partial charge in [-0.2, -0.15) is 11.8 Å². The number of nitrogens with two attached hydrogens (primary N) is 1. The molecule has 0 spiro atoms. The molecule has 0 aliphatic heterocycles. The predicted octanol–water partition coefficient (Wildman–Crippen LogP) is -1.29. The van der Waals surface area contributed by atoms with Crippen molar-refractivity contribution in [2.24, 2.45) is 5.73 Å². The Hall–Kier alpha value is -3.16. The molecule has 0 radical (unpaired) electrons. The van der Waals surface area contributed by atoms with E-state index in [2.05, 4.69) is 16.0 Å². The topological polar surface area (TPSA) is 208 Å². The summed E-state index contributed by atoms with van der Waals surface area (Å²) in [5.41, 5.74) is 6.36. The largest absolute Gasteiger partial charge is 0.481 e. The number of carbonyl (C=O) groups is 5. The van der Waals surface area contributed by atoms with Gasteiger partial charge in [0.25, 0.3) is 0 Å². The summed E-state index contributed by atoms with van der Waals surface area (Å²) >= 11 is 1.41. The van der Waals surface area contributed by atoms with Crippen LogP contribution >= 0.6 is 11.8 Å². The van der Waals surface area contributed by atoms with Crippen molar-refractivity contribution < 1.29 is 39.3 Å². The standard InChI is InChI=1S/C22H32N4O8S/c1-35-10-9-15(24-19(30)14(23)7-8-18(28)29)20(31)26-17(12-27)21(32)25-16(22(33)34)11-13-5-3-2-4-6-13/h2-6,14-17,27H,7-12,23H2,1H3,(H,24,30)(H,25,32)(H,26,31)(H,28,29)(H,33,34). The Morgan fingerprint density at radius 1 is 0.886 bits per heavy atom. The van der Waals surface area contributed by atoms with E-state index in [9.17, 15) is 34.2 Å². The average Bonchev–Trinajstić information content (AvgIpc) is 2.83. The number of thioether (sulfide) groups is 1. The van der Waals surface area contributed by atoms with Gasteiger partial charge in [0, 0.05) is 12.8 Å². The van der Waals surface area contributed by atoms with Crippen molar-refractivity contribution in [3.8, 4) is 0 Å². The smallest absolute Gasteiger partial charge is 0.326 e. The van der Waals surface area contributed by atoms with E-state index in [1.54, 1.807) is 36.6 Å². The first kappa shape index (κ1) is 29.9. The summed E-state index contributed by atoms with van der Waals surface area (Å²) in [5.74, 6) is -4.35. The number of hydrogen-bond donors (Lipinski definition) is 7. The summed E-state index contributed by atoms with van der Waals surface area (Å²) in [6.45, 7) is -0.809. The number of benzene rings is 1. The third-order valence-corrected chi connectivity index (χ3v) is 5.61. The summed E-state index contributed by atoms with van der Waals surface area (Å²) in [6, 6.07) is 3.60. The van der Waals surface area contributed by atoms with Gasteiger partial charge in [-0.15, -0.1) is 0 Å². The lowest BCUT2D eigenvalue weighted by Gasteiger charge is -2.24. The second-order valence-electron chi connectivity index (χ2n) is 7.71. The molecular weight excluding hydrogens is 480 g/mol. The third-order valence-electron chi connectivity index (χ3n) is 4.96. The maximum absolute atomic E-state index is 12.8. The second kappa shape index (κ2) is 15.7. The molecule has 0 aliphatic rings. The van der Waals surface area contributed by atoms with E-state index in [0.717, 1.165) is 0 Å². The monoisotopic (exact) mass is 512 g/mol. The van der Waals surface area contributed by atoms with Crippen LogP contribution in [0.3, 0.4) is 0 Å². The molecule has 0 heterocycles. The lowest BCUT2D eigenvalue weighted by atomic mass is 10.1. The maximum atomic E-state index is 12.8. The molecule has 8 N–H and O–H groups in total. The minimum Gasteiger partial charge on any atom is -0.481 e. The Morgan fingerprint density at radius 2 is 1.46 bits per heavy atom. The quantitative estimate of drug-likeness (QED) is 0.139. The highest BCUT2D eigenvalue weighted by Crippen LogP contribution is 2.06. The highest BCUT2D eigenvalue weighted by Gasteiger charge is 2.30. The van der Waals surface area contributed by atoms with Crippen molar-refractivity contribution >= 4 is 41.4 Å². The zero-order valence-corrected chi connectivity index (χ0v) is 20.1. The van der Waals surface area contributed by atoms with Crippen LogP contribution in [0.5, 0.6) is 0 Å². The summed E-state index contributed by atoms with van der Waals surface area (Å²) < 4.78 is 0. The molecule has 3 amide bonds. The van der Waals surface area contributed by atoms with Crippen LogP contribution in [0, 0.1) is 0 Å². The molecular formula is C22H32N4O8S. The number of carbonyl (C=O) groups excluding carboxylic acids is 3. The number of nitrogens with one attached hydrogen (secondary N) is 3. The lowest BCUT2D eigenvalue weighted by molar-refractivity contribution is -0.142. The SMILES string of the molecule is CSCCC(NC(=O)C(N)CCC(=O)O)C(=O)NC(CO)C(=O)NC(Cc1ccccc1)C(=O)O. The van der Waals surface area contributed by atoms with Gasteiger partial charge in [-0.25, -0.2) is 4.79 Å². The third kappa shape index (κ3) is 11.2. The van der Waals surface area contributed by atoms with Gasteiger partial charge in [0.1, 0.15) is 18.1 Å². The average molecular weight is 513 g/mol. The van der Waals surface area contributed by atoms with Crippen LogP contribution in [0.1, 0.15) is 24.8 Å². The second-order valence-corrected chi connectivity index (χ2v) is 8.70. The number of carboxylic acid groups (broad SMARTS) is 2. The molecule has 194 valence electrons. The van der Waals surface area contributed by atoms with Crippen LogP contribution in [-0.2, 0) is 30.4 Å². The maximum Gasteiger partial charge on any atom is 0.326 e. The van der Waals surface area contributed by atoms with E-state index in [-0.39, 0.29) is 25.7 Å². The van der Waals surface area contributed by atoms with Crippen LogP contribution in [0.15, 0.2) is 30.3 Å². The van der Waals surface area contributed by atoms with Gasteiger partial charge in [0.15, 0.2) is 0 Å². The van der Waals surface area contributed by atoms with E-state index in [1.807, 2.05) is 0 Å². The van der Waals surface area contributed by atoms with E-state index >= 15 is 0 Å². The number of amides is 3. The van der Waals surface area contributed by atoms with Crippen LogP contribution in [0.2, 0.25) is 0 Å². The Kier molecular flexibility index (Phi) is 13.4. The fraction of sp³-hybridized carbons (Fsp3) is 0.500. The van der Waals surface area contributed by atoms with Gasteiger partial charge in [-0.3, -0.25) is 19.2 Å².